The Balaban J connectivity index is 1.71. The normalized spacial score (nSPS) is 14.1. The van der Waals surface area contributed by atoms with Crippen molar-refractivity contribution in [2.24, 2.45) is 0 Å². The van der Waals surface area contributed by atoms with Crippen LogP contribution in [0.5, 0.6) is 0 Å². The molecule has 7 heteroatoms. The maximum atomic E-state index is 13.0. The van der Waals surface area contributed by atoms with Crippen molar-refractivity contribution in [3.8, 4) is 0 Å². The van der Waals surface area contributed by atoms with Crippen LogP contribution >= 0.6 is 0 Å². The van der Waals surface area contributed by atoms with E-state index in [2.05, 4.69) is 41.8 Å². The molecule has 0 aliphatic carbocycles. The number of hydrogen-bond acceptors (Lipinski definition) is 5. The minimum atomic E-state index is -0.453. The van der Waals surface area contributed by atoms with E-state index < -0.39 is 4.92 Å². The highest BCUT2D eigenvalue weighted by Gasteiger charge is 2.30. The molecule has 33 heavy (non-hydrogen) atoms. The van der Waals surface area contributed by atoms with E-state index in [0.29, 0.717) is 22.5 Å². The van der Waals surface area contributed by atoms with Crippen molar-refractivity contribution in [3.05, 3.63) is 99.6 Å². The molecule has 3 aromatic rings. The van der Waals surface area contributed by atoms with Gasteiger partial charge in [0.1, 0.15) is 0 Å². The van der Waals surface area contributed by atoms with Crippen LogP contribution in [0.15, 0.2) is 72.8 Å². The van der Waals surface area contributed by atoms with Crippen LogP contribution in [0.3, 0.4) is 0 Å². The Morgan fingerprint density at radius 2 is 1.76 bits per heavy atom. The molecular formula is C26H26N4O3. The third-order valence-electron chi connectivity index (χ3n) is 5.57. The summed E-state index contributed by atoms with van der Waals surface area (Å²) < 4.78 is 0. The number of nitro groups is 1. The number of aryl methyl sites for hydroxylation is 1. The first-order chi connectivity index (χ1) is 15.9. The van der Waals surface area contributed by atoms with Gasteiger partial charge >= 0.3 is 0 Å². The molecule has 2 N–H and O–H groups in total. The van der Waals surface area contributed by atoms with Crippen LogP contribution in [0, 0.1) is 10.1 Å². The highest BCUT2D eigenvalue weighted by atomic mass is 16.6. The summed E-state index contributed by atoms with van der Waals surface area (Å²) in [5.74, 6) is -0.294. The van der Waals surface area contributed by atoms with Gasteiger partial charge in [0.2, 0.25) is 0 Å². The molecule has 3 aromatic carbocycles. The number of carbonyl (C=O) groups excluding carboxylic acids is 1. The van der Waals surface area contributed by atoms with Crippen molar-refractivity contribution in [2.75, 3.05) is 31.3 Å². The molecule has 168 valence electrons. The standard InChI is InChI=1S/C26H26N4O3/c1-29(2)16-6-7-18-10-12-20(13-11-18)27-25(19-8-4-3-5-9-19)24-22-17-21(30(32)33)14-15-23(22)28-26(24)31/h3-5,8-15,17,27H,6-7,16H2,1-2H3,(H,28,31). The van der Waals surface area contributed by atoms with Crippen LogP contribution < -0.4 is 10.6 Å². The van der Waals surface area contributed by atoms with Crippen molar-refractivity contribution >= 4 is 34.2 Å². The summed E-state index contributed by atoms with van der Waals surface area (Å²) in [7, 11) is 4.13. The molecule has 0 fully saturated rings. The van der Waals surface area contributed by atoms with Gasteiger partial charge in [-0.05, 0) is 62.8 Å². The van der Waals surface area contributed by atoms with Gasteiger partial charge in [0.05, 0.1) is 16.2 Å². The lowest BCUT2D eigenvalue weighted by atomic mass is 9.99. The molecule has 0 atom stereocenters. The van der Waals surface area contributed by atoms with Gasteiger partial charge < -0.3 is 15.5 Å². The van der Waals surface area contributed by atoms with E-state index >= 15 is 0 Å². The van der Waals surface area contributed by atoms with Crippen molar-refractivity contribution in [2.45, 2.75) is 12.8 Å². The third kappa shape index (κ3) is 5.10. The maximum absolute atomic E-state index is 13.0. The Labute approximate surface area is 192 Å². The monoisotopic (exact) mass is 442 g/mol. The fourth-order valence-electron chi connectivity index (χ4n) is 3.90. The fraction of sp³-hybridized carbons (Fsp3) is 0.192. The predicted molar refractivity (Wildman–Crippen MR) is 132 cm³/mol. The number of nitrogens with zero attached hydrogens (tertiary/aromatic N) is 2. The minimum absolute atomic E-state index is 0.0581. The summed E-state index contributed by atoms with van der Waals surface area (Å²) in [6, 6.07) is 22.1. The number of carbonyl (C=O) groups is 1. The van der Waals surface area contributed by atoms with E-state index in [1.807, 2.05) is 42.5 Å². The van der Waals surface area contributed by atoms with Crippen molar-refractivity contribution < 1.29 is 9.72 Å². The van der Waals surface area contributed by atoms with Crippen molar-refractivity contribution in [3.63, 3.8) is 0 Å². The Kier molecular flexibility index (Phi) is 6.51. The molecule has 0 radical (unpaired) electrons. The lowest BCUT2D eigenvalue weighted by Gasteiger charge is -2.15. The Morgan fingerprint density at radius 3 is 2.42 bits per heavy atom. The smallest absolute Gasteiger partial charge is 0.270 e. The SMILES string of the molecule is CN(C)CCCc1ccc(NC(=C2C(=O)Nc3ccc([N+](=O)[O-])cc32)c2ccccc2)cc1. The molecule has 1 aliphatic heterocycles. The molecule has 0 bridgehead atoms. The summed E-state index contributed by atoms with van der Waals surface area (Å²) in [4.78, 5) is 26.0. The average Bonchev–Trinajstić information content (AvgIpc) is 3.13. The number of rotatable bonds is 8. The Hall–Kier alpha value is -3.97. The lowest BCUT2D eigenvalue weighted by molar-refractivity contribution is -0.384. The van der Waals surface area contributed by atoms with Gasteiger partial charge in [0.15, 0.2) is 0 Å². The molecule has 7 nitrogen and oxygen atoms in total. The number of amides is 1. The van der Waals surface area contributed by atoms with Crippen molar-refractivity contribution in [1.29, 1.82) is 0 Å². The quantitative estimate of drug-likeness (QED) is 0.291. The molecule has 4 rings (SSSR count). The van der Waals surface area contributed by atoms with E-state index in [4.69, 9.17) is 0 Å². The van der Waals surface area contributed by atoms with E-state index in [9.17, 15) is 14.9 Å². The minimum Gasteiger partial charge on any atom is -0.354 e. The fourth-order valence-corrected chi connectivity index (χ4v) is 3.90. The summed E-state index contributed by atoms with van der Waals surface area (Å²) in [5.41, 5.74) is 4.91. The van der Waals surface area contributed by atoms with Crippen LogP contribution in [0.4, 0.5) is 17.1 Å². The van der Waals surface area contributed by atoms with Crippen molar-refractivity contribution in [1.82, 2.24) is 4.90 Å². The number of anilines is 2. The Morgan fingerprint density at radius 1 is 1.03 bits per heavy atom. The second-order valence-electron chi connectivity index (χ2n) is 8.29. The molecule has 0 saturated carbocycles. The largest absolute Gasteiger partial charge is 0.354 e. The van der Waals surface area contributed by atoms with Crippen LogP contribution in [0.2, 0.25) is 0 Å². The first-order valence-electron chi connectivity index (χ1n) is 10.8. The molecule has 0 saturated heterocycles. The van der Waals surface area contributed by atoms with Crippen LogP contribution in [0.1, 0.15) is 23.1 Å². The zero-order valence-electron chi connectivity index (χ0n) is 18.7. The molecule has 1 amide bonds. The molecule has 0 aromatic heterocycles. The van der Waals surface area contributed by atoms with E-state index in [1.165, 1.54) is 17.7 Å². The van der Waals surface area contributed by atoms with Gasteiger partial charge in [-0.15, -0.1) is 0 Å². The van der Waals surface area contributed by atoms with Gasteiger partial charge in [-0.1, -0.05) is 42.5 Å². The van der Waals surface area contributed by atoms with Crippen LogP contribution in [-0.2, 0) is 11.2 Å². The second-order valence-corrected chi connectivity index (χ2v) is 8.29. The van der Waals surface area contributed by atoms with Gasteiger partial charge in [-0.25, -0.2) is 0 Å². The second kappa shape index (κ2) is 9.67. The number of hydrogen-bond donors (Lipinski definition) is 2. The third-order valence-corrected chi connectivity index (χ3v) is 5.57. The summed E-state index contributed by atoms with van der Waals surface area (Å²) >= 11 is 0. The first kappa shape index (κ1) is 22.2. The molecule has 1 aliphatic rings. The van der Waals surface area contributed by atoms with Gasteiger partial charge in [-0.2, -0.15) is 0 Å². The van der Waals surface area contributed by atoms with Crippen LogP contribution in [-0.4, -0.2) is 36.4 Å². The average molecular weight is 443 g/mol. The molecule has 0 spiro atoms. The summed E-state index contributed by atoms with van der Waals surface area (Å²) in [6.07, 6.45) is 2.07. The first-order valence-corrected chi connectivity index (χ1v) is 10.8. The van der Waals surface area contributed by atoms with Gasteiger partial charge in [0.25, 0.3) is 11.6 Å². The van der Waals surface area contributed by atoms with Crippen LogP contribution in [0.25, 0.3) is 11.3 Å². The number of nitrogens with one attached hydrogen (secondary N) is 2. The van der Waals surface area contributed by atoms with E-state index in [0.717, 1.165) is 30.6 Å². The molecule has 1 heterocycles. The maximum Gasteiger partial charge on any atom is 0.270 e. The zero-order valence-corrected chi connectivity index (χ0v) is 18.7. The summed E-state index contributed by atoms with van der Waals surface area (Å²) in [6.45, 7) is 1.03. The van der Waals surface area contributed by atoms with E-state index in [-0.39, 0.29) is 11.6 Å². The number of nitro benzene ring substituents is 1. The highest BCUT2D eigenvalue weighted by Crippen LogP contribution is 2.39. The van der Waals surface area contributed by atoms with E-state index in [1.54, 1.807) is 6.07 Å². The Bertz CT molecular complexity index is 1200. The lowest BCUT2D eigenvalue weighted by Crippen LogP contribution is -2.13. The van der Waals surface area contributed by atoms with Gasteiger partial charge in [-0.3, -0.25) is 14.9 Å². The molecular weight excluding hydrogens is 416 g/mol. The van der Waals surface area contributed by atoms with Gasteiger partial charge in [0, 0.05) is 29.1 Å². The molecule has 0 unspecified atom stereocenters. The summed E-state index contributed by atoms with van der Waals surface area (Å²) in [5, 5.41) is 17.6. The number of benzene rings is 3. The number of non-ortho nitro benzene ring substituents is 1. The zero-order chi connectivity index (χ0) is 23.4. The predicted octanol–water partition coefficient (Wildman–Crippen LogP) is 5.02. The highest BCUT2D eigenvalue weighted by molar-refractivity contribution is 6.37. The number of fused-ring (bicyclic) bond motifs is 1. The topological polar surface area (TPSA) is 87.5 Å².